The molecule has 1 aromatic carbocycles. The third-order valence-electron chi connectivity index (χ3n) is 3.96. The van der Waals surface area contributed by atoms with Gasteiger partial charge in [-0.05, 0) is 43.7 Å². The minimum atomic E-state index is 0.298. The van der Waals surface area contributed by atoms with Crippen LogP contribution in [-0.2, 0) is 0 Å². The van der Waals surface area contributed by atoms with Crippen molar-refractivity contribution in [2.75, 3.05) is 25.0 Å². The highest BCUT2D eigenvalue weighted by atomic mass is 16.3. The van der Waals surface area contributed by atoms with Crippen molar-refractivity contribution in [1.82, 2.24) is 0 Å². The minimum absolute atomic E-state index is 0.298. The van der Waals surface area contributed by atoms with Crippen molar-refractivity contribution >= 4 is 5.69 Å². The van der Waals surface area contributed by atoms with Gasteiger partial charge < -0.3 is 15.7 Å². The van der Waals surface area contributed by atoms with E-state index >= 15 is 0 Å². The van der Waals surface area contributed by atoms with Crippen LogP contribution in [0, 0.1) is 5.41 Å². The van der Waals surface area contributed by atoms with Crippen LogP contribution in [0.25, 0.3) is 0 Å². The van der Waals surface area contributed by atoms with Crippen molar-refractivity contribution in [2.24, 2.45) is 11.1 Å². The van der Waals surface area contributed by atoms with E-state index in [4.69, 9.17) is 5.73 Å². The Labute approximate surface area is 103 Å². The van der Waals surface area contributed by atoms with Crippen LogP contribution >= 0.6 is 0 Å². The lowest BCUT2D eigenvalue weighted by Crippen LogP contribution is -2.39. The second-order valence-corrected chi connectivity index (χ2v) is 5.28. The molecule has 3 nitrogen and oxygen atoms in total. The summed E-state index contributed by atoms with van der Waals surface area (Å²) in [5, 5.41) is 9.28. The second-order valence-electron chi connectivity index (χ2n) is 5.28. The third kappa shape index (κ3) is 2.72. The summed E-state index contributed by atoms with van der Waals surface area (Å²) in [5.74, 6) is 0.316. The first-order valence-electron chi connectivity index (χ1n) is 6.35. The topological polar surface area (TPSA) is 49.5 Å². The zero-order valence-electron chi connectivity index (χ0n) is 10.5. The number of phenolic OH excluding ortho intramolecular Hbond substituents is 1. The van der Waals surface area contributed by atoms with Crippen LogP contribution < -0.4 is 10.6 Å². The first-order chi connectivity index (χ1) is 8.15. The van der Waals surface area contributed by atoms with E-state index in [1.807, 2.05) is 12.1 Å². The number of anilines is 1. The zero-order chi connectivity index (χ0) is 12.3. The predicted molar refractivity (Wildman–Crippen MR) is 71.3 cm³/mol. The number of nitrogens with zero attached hydrogens (tertiary/aromatic N) is 1. The molecule has 1 saturated carbocycles. The average molecular weight is 234 g/mol. The highest BCUT2D eigenvalue weighted by molar-refractivity contribution is 5.48. The number of hydrogen-bond acceptors (Lipinski definition) is 3. The molecule has 1 fully saturated rings. The van der Waals surface area contributed by atoms with E-state index in [0.717, 1.165) is 18.8 Å². The first kappa shape index (κ1) is 12.2. The van der Waals surface area contributed by atoms with E-state index in [2.05, 4.69) is 11.9 Å². The number of aromatic hydroxyl groups is 1. The first-order valence-corrected chi connectivity index (χ1v) is 6.35. The molecule has 1 aromatic rings. The van der Waals surface area contributed by atoms with Crippen LogP contribution in [0.3, 0.4) is 0 Å². The summed E-state index contributed by atoms with van der Waals surface area (Å²) in [6.45, 7) is 1.78. The SMILES string of the molecule is CN(CC1(CN)CCCC1)c1ccc(O)cc1. The number of rotatable bonds is 4. The summed E-state index contributed by atoms with van der Waals surface area (Å²) in [6.07, 6.45) is 5.10. The highest BCUT2D eigenvalue weighted by Gasteiger charge is 2.33. The third-order valence-corrected chi connectivity index (χ3v) is 3.96. The van der Waals surface area contributed by atoms with Gasteiger partial charge in [-0.2, -0.15) is 0 Å². The van der Waals surface area contributed by atoms with Crippen molar-refractivity contribution < 1.29 is 5.11 Å². The molecule has 94 valence electrons. The Kier molecular flexibility index (Phi) is 3.57. The number of hydrogen-bond donors (Lipinski definition) is 2. The quantitative estimate of drug-likeness (QED) is 0.840. The van der Waals surface area contributed by atoms with Crippen LogP contribution in [-0.4, -0.2) is 25.2 Å². The van der Waals surface area contributed by atoms with E-state index in [0.29, 0.717) is 11.2 Å². The van der Waals surface area contributed by atoms with Gasteiger partial charge >= 0.3 is 0 Å². The molecule has 0 unspecified atom stereocenters. The largest absolute Gasteiger partial charge is 0.508 e. The van der Waals surface area contributed by atoms with Gasteiger partial charge in [-0.3, -0.25) is 0 Å². The monoisotopic (exact) mass is 234 g/mol. The standard InChI is InChI=1S/C14H22N2O/c1-16(12-4-6-13(17)7-5-12)11-14(10-15)8-2-3-9-14/h4-7,17H,2-3,8-11,15H2,1H3. The number of benzene rings is 1. The molecule has 2 rings (SSSR count). The van der Waals surface area contributed by atoms with Crippen molar-refractivity contribution in [1.29, 1.82) is 0 Å². The van der Waals surface area contributed by atoms with Crippen molar-refractivity contribution in [3.8, 4) is 5.75 Å². The Balaban J connectivity index is 2.05. The van der Waals surface area contributed by atoms with Gasteiger partial charge in [-0.1, -0.05) is 12.8 Å². The van der Waals surface area contributed by atoms with E-state index in [-0.39, 0.29) is 0 Å². The lowest BCUT2D eigenvalue weighted by atomic mass is 9.85. The van der Waals surface area contributed by atoms with E-state index in [9.17, 15) is 5.11 Å². The summed E-state index contributed by atoms with van der Waals surface area (Å²) in [7, 11) is 2.10. The van der Waals surface area contributed by atoms with Crippen molar-refractivity contribution in [3.05, 3.63) is 24.3 Å². The zero-order valence-corrected chi connectivity index (χ0v) is 10.5. The number of phenols is 1. The summed E-state index contributed by atoms with van der Waals surface area (Å²) in [6, 6.07) is 7.37. The van der Waals surface area contributed by atoms with Crippen LogP contribution in [0.15, 0.2) is 24.3 Å². The second kappa shape index (κ2) is 4.96. The molecule has 0 spiro atoms. The molecule has 1 aliphatic rings. The molecule has 3 N–H and O–H groups in total. The predicted octanol–water partition coefficient (Wildman–Crippen LogP) is 2.35. The molecule has 0 amide bonds. The smallest absolute Gasteiger partial charge is 0.115 e. The van der Waals surface area contributed by atoms with Crippen molar-refractivity contribution in [3.63, 3.8) is 0 Å². The van der Waals surface area contributed by atoms with Gasteiger partial charge in [0.15, 0.2) is 0 Å². The molecule has 0 bridgehead atoms. The van der Waals surface area contributed by atoms with Crippen LogP contribution in [0.5, 0.6) is 5.75 Å². The molecular formula is C14H22N2O. The molecular weight excluding hydrogens is 212 g/mol. The molecule has 0 radical (unpaired) electrons. The lowest BCUT2D eigenvalue weighted by Gasteiger charge is -2.33. The van der Waals surface area contributed by atoms with Gasteiger partial charge in [0.2, 0.25) is 0 Å². The average Bonchev–Trinajstić information content (AvgIpc) is 2.79. The van der Waals surface area contributed by atoms with Crippen LogP contribution in [0.2, 0.25) is 0 Å². The molecule has 0 aliphatic heterocycles. The number of nitrogens with two attached hydrogens (primary N) is 1. The Bertz CT molecular complexity index is 355. The van der Waals surface area contributed by atoms with Gasteiger partial charge in [0.25, 0.3) is 0 Å². The fourth-order valence-corrected chi connectivity index (χ4v) is 2.85. The van der Waals surface area contributed by atoms with Gasteiger partial charge in [-0.25, -0.2) is 0 Å². The minimum Gasteiger partial charge on any atom is -0.508 e. The maximum atomic E-state index is 9.28. The maximum absolute atomic E-state index is 9.28. The van der Waals surface area contributed by atoms with E-state index < -0.39 is 0 Å². The molecule has 17 heavy (non-hydrogen) atoms. The Morgan fingerprint density at radius 3 is 2.35 bits per heavy atom. The summed E-state index contributed by atoms with van der Waals surface area (Å²) >= 11 is 0. The van der Waals surface area contributed by atoms with E-state index in [1.54, 1.807) is 12.1 Å². The Morgan fingerprint density at radius 1 is 1.24 bits per heavy atom. The van der Waals surface area contributed by atoms with Gasteiger partial charge in [0.1, 0.15) is 5.75 Å². The fourth-order valence-electron chi connectivity index (χ4n) is 2.85. The summed E-state index contributed by atoms with van der Waals surface area (Å²) < 4.78 is 0. The molecule has 0 heterocycles. The summed E-state index contributed by atoms with van der Waals surface area (Å²) in [5.41, 5.74) is 7.39. The normalized spacial score (nSPS) is 18.2. The Morgan fingerprint density at radius 2 is 1.82 bits per heavy atom. The van der Waals surface area contributed by atoms with Crippen molar-refractivity contribution in [2.45, 2.75) is 25.7 Å². The molecule has 0 atom stereocenters. The maximum Gasteiger partial charge on any atom is 0.115 e. The van der Waals surface area contributed by atoms with Crippen LogP contribution in [0.4, 0.5) is 5.69 Å². The lowest BCUT2D eigenvalue weighted by molar-refractivity contribution is 0.316. The van der Waals surface area contributed by atoms with Crippen LogP contribution in [0.1, 0.15) is 25.7 Å². The van der Waals surface area contributed by atoms with Gasteiger partial charge in [-0.15, -0.1) is 0 Å². The van der Waals surface area contributed by atoms with E-state index in [1.165, 1.54) is 25.7 Å². The molecule has 1 aliphatic carbocycles. The van der Waals surface area contributed by atoms with Gasteiger partial charge in [0.05, 0.1) is 0 Å². The fraction of sp³-hybridized carbons (Fsp3) is 0.571. The Hall–Kier alpha value is -1.22. The molecule has 0 aromatic heterocycles. The summed E-state index contributed by atoms with van der Waals surface area (Å²) in [4.78, 5) is 2.25. The molecule has 0 saturated heterocycles. The van der Waals surface area contributed by atoms with Gasteiger partial charge in [0, 0.05) is 24.7 Å². The molecule has 3 heteroatoms. The highest BCUT2D eigenvalue weighted by Crippen LogP contribution is 2.38.